The minimum absolute atomic E-state index is 0.214. The smallest absolute Gasteiger partial charge is 0.364 e. The van der Waals surface area contributed by atoms with Gasteiger partial charge in [0, 0.05) is 44.4 Å². The molecule has 1 atom stereocenters. The molecular weight excluding hydrogens is 532 g/mol. The van der Waals surface area contributed by atoms with Gasteiger partial charge < -0.3 is 9.30 Å². The lowest BCUT2D eigenvalue weighted by Gasteiger charge is -2.28. The fraction of sp³-hybridized carbons (Fsp3) is 0.429. The Balaban J connectivity index is 1.61. The van der Waals surface area contributed by atoms with Crippen LogP contribution in [-0.2, 0) is 18.3 Å². The van der Waals surface area contributed by atoms with Gasteiger partial charge in [0.05, 0.1) is 27.4 Å². The van der Waals surface area contributed by atoms with Crippen LogP contribution in [0.1, 0.15) is 57.2 Å². The number of halogens is 1. The maximum Gasteiger partial charge on any atom is 0.439 e. The number of fused-ring (bicyclic) bond motifs is 1. The number of hydrogen-bond acceptors (Lipinski definition) is 8. The first-order valence-corrected chi connectivity index (χ1v) is 14.0. The van der Waals surface area contributed by atoms with E-state index in [2.05, 4.69) is 31.7 Å². The summed E-state index contributed by atoms with van der Waals surface area (Å²) in [5.41, 5.74) is 4.07. The van der Waals surface area contributed by atoms with Gasteiger partial charge in [-0.3, -0.25) is 19.2 Å². The van der Waals surface area contributed by atoms with Crippen LogP contribution in [0.3, 0.4) is 0 Å². The minimum Gasteiger partial charge on any atom is -0.364 e. The van der Waals surface area contributed by atoms with Gasteiger partial charge in [-0.2, -0.15) is 5.10 Å². The topological polar surface area (TPSA) is 130 Å². The van der Waals surface area contributed by atoms with Gasteiger partial charge in [-0.15, -0.1) is 0 Å². The summed E-state index contributed by atoms with van der Waals surface area (Å²) >= 11 is 6.38. The van der Waals surface area contributed by atoms with E-state index in [1.807, 2.05) is 38.4 Å². The number of aromatic amines is 1. The Morgan fingerprint density at radius 2 is 2.02 bits per heavy atom. The molecule has 1 unspecified atom stereocenters. The molecule has 1 N–H and O–H groups in total. The highest BCUT2D eigenvalue weighted by atomic mass is 35.5. The molecule has 1 aliphatic carbocycles. The van der Waals surface area contributed by atoms with E-state index in [1.54, 1.807) is 17.1 Å². The van der Waals surface area contributed by atoms with Gasteiger partial charge in [0.15, 0.2) is 6.10 Å². The van der Waals surface area contributed by atoms with Crippen LogP contribution in [0.2, 0.25) is 5.02 Å². The van der Waals surface area contributed by atoms with Crippen LogP contribution in [0.15, 0.2) is 46.1 Å². The number of pyridine rings is 2. The third kappa shape index (κ3) is 5.18. The Labute approximate surface area is 235 Å². The number of aromatic nitrogens is 8. The molecule has 5 heterocycles. The highest BCUT2D eigenvalue weighted by molar-refractivity contribution is 6.30. The molecule has 1 fully saturated rings. The van der Waals surface area contributed by atoms with Crippen LogP contribution in [0.25, 0.3) is 33.8 Å². The molecule has 12 heteroatoms. The van der Waals surface area contributed by atoms with E-state index in [0.29, 0.717) is 34.5 Å². The van der Waals surface area contributed by atoms with Crippen molar-refractivity contribution < 1.29 is 9.26 Å². The van der Waals surface area contributed by atoms with Crippen molar-refractivity contribution in [2.45, 2.75) is 52.2 Å². The number of nitrogens with zero attached hydrogens (tertiary/aromatic N) is 7. The summed E-state index contributed by atoms with van der Waals surface area (Å²) in [5.74, 6) is 1.52. The second-order valence-corrected chi connectivity index (χ2v) is 11.0. The minimum atomic E-state index is -0.660. The average Bonchev–Trinajstić information content (AvgIpc) is 3.67. The molecule has 0 aromatic carbocycles. The fourth-order valence-electron chi connectivity index (χ4n) is 5.57. The van der Waals surface area contributed by atoms with Gasteiger partial charge in [0.25, 0.3) is 0 Å². The molecule has 0 aliphatic heterocycles. The summed E-state index contributed by atoms with van der Waals surface area (Å²) < 4.78 is 15.1. The van der Waals surface area contributed by atoms with Crippen LogP contribution >= 0.6 is 11.6 Å². The molecule has 6 rings (SSSR count). The molecule has 0 amide bonds. The van der Waals surface area contributed by atoms with E-state index < -0.39 is 11.9 Å². The molecule has 5 aromatic rings. The number of nitrogens with one attached hydrogen (secondary N) is 1. The van der Waals surface area contributed by atoms with Gasteiger partial charge in [-0.1, -0.05) is 36.5 Å². The molecule has 40 heavy (non-hydrogen) atoms. The number of imidazole rings is 1. The fourth-order valence-corrected chi connectivity index (χ4v) is 5.74. The maximum atomic E-state index is 11.8. The van der Waals surface area contributed by atoms with Crippen LogP contribution in [0.4, 0.5) is 0 Å². The molecule has 11 nitrogen and oxygen atoms in total. The van der Waals surface area contributed by atoms with Crippen molar-refractivity contribution in [2.75, 3.05) is 6.61 Å². The molecule has 208 valence electrons. The van der Waals surface area contributed by atoms with Crippen molar-refractivity contribution in [3.63, 3.8) is 0 Å². The number of H-pyrrole nitrogens is 1. The summed E-state index contributed by atoms with van der Waals surface area (Å²) in [6.07, 6.45) is 9.41. The van der Waals surface area contributed by atoms with Crippen LogP contribution < -0.4 is 5.76 Å². The van der Waals surface area contributed by atoms with Crippen molar-refractivity contribution in [3.05, 3.63) is 63.9 Å². The van der Waals surface area contributed by atoms with Crippen molar-refractivity contribution in [3.8, 4) is 22.8 Å². The number of aryl methyl sites for hydroxylation is 1. The maximum absolute atomic E-state index is 11.8. The van der Waals surface area contributed by atoms with Crippen molar-refractivity contribution in [1.29, 1.82) is 0 Å². The van der Waals surface area contributed by atoms with Crippen LogP contribution in [0, 0.1) is 11.8 Å². The highest BCUT2D eigenvalue weighted by Crippen LogP contribution is 2.37. The van der Waals surface area contributed by atoms with Crippen LogP contribution in [-0.4, -0.2) is 46.0 Å². The SMILES string of the molecule is CCOC(c1ccn(C)n1)c1nc2cc(-c3noc(=O)[nH]3)nc(-c3cncc(Cl)c3)c2n1CC1CCC(C)CC1. The normalized spacial score (nSPS) is 18.4. The van der Waals surface area contributed by atoms with E-state index in [4.69, 9.17) is 30.8 Å². The molecule has 5 aromatic heterocycles. The van der Waals surface area contributed by atoms with E-state index in [9.17, 15) is 4.79 Å². The quantitative estimate of drug-likeness (QED) is 0.274. The molecule has 0 radical (unpaired) electrons. The Morgan fingerprint density at radius 1 is 1.20 bits per heavy atom. The third-order valence-electron chi connectivity index (χ3n) is 7.56. The van der Waals surface area contributed by atoms with Gasteiger partial charge in [-0.05, 0) is 49.8 Å². The standard InChI is InChI=1S/C28H31ClN8O3/c1-4-39-25(20-9-10-36(3)34-20)27-32-21-12-22(26-33-28(38)40-35-26)31-23(18-11-19(29)14-30-13-18)24(21)37(27)15-17-7-5-16(2)6-8-17/h9-14,16-17,25H,4-8,15H2,1-3H3,(H,33,35,38). The predicted molar refractivity (Wildman–Crippen MR) is 150 cm³/mol. The second-order valence-electron chi connectivity index (χ2n) is 10.5. The van der Waals surface area contributed by atoms with Crippen molar-refractivity contribution in [2.24, 2.45) is 18.9 Å². The zero-order valence-corrected chi connectivity index (χ0v) is 23.4. The lowest BCUT2D eigenvalue weighted by molar-refractivity contribution is 0.0783. The average molecular weight is 563 g/mol. The first-order chi connectivity index (χ1) is 19.4. The van der Waals surface area contributed by atoms with Gasteiger partial charge >= 0.3 is 5.76 Å². The summed E-state index contributed by atoms with van der Waals surface area (Å²) in [6, 6.07) is 5.59. The third-order valence-corrected chi connectivity index (χ3v) is 7.77. The van der Waals surface area contributed by atoms with E-state index in [-0.39, 0.29) is 5.82 Å². The summed E-state index contributed by atoms with van der Waals surface area (Å²) in [5, 5.41) is 9.02. The summed E-state index contributed by atoms with van der Waals surface area (Å²) in [7, 11) is 1.89. The number of rotatable bonds is 8. The van der Waals surface area contributed by atoms with Crippen LogP contribution in [0.5, 0.6) is 0 Å². The first kappa shape index (κ1) is 26.4. The number of ether oxygens (including phenoxy) is 1. The Kier molecular flexibility index (Phi) is 7.24. The zero-order chi connectivity index (χ0) is 27.8. The van der Waals surface area contributed by atoms with E-state index in [1.165, 1.54) is 12.8 Å². The predicted octanol–water partition coefficient (Wildman–Crippen LogP) is 5.18. The van der Waals surface area contributed by atoms with Gasteiger partial charge in [0.2, 0.25) is 5.82 Å². The zero-order valence-electron chi connectivity index (χ0n) is 22.7. The van der Waals surface area contributed by atoms with Crippen molar-refractivity contribution >= 4 is 22.6 Å². The number of hydrogen-bond donors (Lipinski definition) is 1. The van der Waals surface area contributed by atoms with E-state index >= 15 is 0 Å². The molecule has 0 spiro atoms. The highest BCUT2D eigenvalue weighted by Gasteiger charge is 2.30. The summed E-state index contributed by atoms with van der Waals surface area (Å²) in [4.78, 5) is 28.8. The molecule has 0 saturated heterocycles. The monoisotopic (exact) mass is 562 g/mol. The Hall–Kier alpha value is -3.83. The van der Waals surface area contributed by atoms with Gasteiger partial charge in [0.1, 0.15) is 11.5 Å². The Morgan fingerprint density at radius 3 is 2.70 bits per heavy atom. The molecule has 1 saturated carbocycles. The van der Waals surface area contributed by atoms with Gasteiger partial charge in [-0.25, -0.2) is 14.8 Å². The molecule has 0 bridgehead atoms. The largest absolute Gasteiger partial charge is 0.439 e. The molecular formula is C28H31ClN8O3. The molecule has 1 aliphatic rings. The Bertz CT molecular complexity index is 1700. The van der Waals surface area contributed by atoms with E-state index in [0.717, 1.165) is 47.9 Å². The first-order valence-electron chi connectivity index (χ1n) is 13.6. The second kappa shape index (κ2) is 11.0. The lowest BCUT2D eigenvalue weighted by atomic mass is 9.83. The van der Waals surface area contributed by atoms with Crippen molar-refractivity contribution in [1.82, 2.24) is 39.4 Å². The summed E-state index contributed by atoms with van der Waals surface area (Å²) in [6.45, 7) is 5.54. The lowest BCUT2D eigenvalue weighted by Crippen LogP contribution is -2.21.